The van der Waals surface area contributed by atoms with Crippen LogP contribution in [0.5, 0.6) is 17.2 Å². The van der Waals surface area contributed by atoms with Gasteiger partial charge < -0.3 is 43.2 Å². The van der Waals surface area contributed by atoms with Crippen LogP contribution in [0.1, 0.15) is 39.7 Å². The fourth-order valence-electron chi connectivity index (χ4n) is 7.42. The quantitative estimate of drug-likeness (QED) is 0.237. The van der Waals surface area contributed by atoms with Crippen LogP contribution in [0.4, 0.5) is 5.69 Å². The lowest BCUT2D eigenvalue weighted by Crippen LogP contribution is -2.60. The van der Waals surface area contributed by atoms with Crippen molar-refractivity contribution in [1.82, 2.24) is 4.72 Å². The second-order valence-electron chi connectivity index (χ2n) is 13.8. The van der Waals surface area contributed by atoms with Crippen molar-refractivity contribution in [2.24, 2.45) is 0 Å². The van der Waals surface area contributed by atoms with Gasteiger partial charge in [-0.15, -0.1) is 0 Å². The molecule has 0 aliphatic carbocycles. The molecule has 264 valence electrons. The Labute approximate surface area is 285 Å². The fourth-order valence-corrected chi connectivity index (χ4v) is 8.22. The molecule has 1 aromatic heterocycles. The molecule has 5 aliphatic rings. The van der Waals surface area contributed by atoms with Gasteiger partial charge in [0.05, 0.1) is 30.4 Å². The molecule has 15 heteroatoms. The SMILES string of the molecule is COc1ccc2cc3[n+](cc2c1NCCCNS(=O)(=O)OC[C@@]12OC[C@H]4OC(C)(C)OC4[C@@H]1OC(C)(C)O2)CCc1cc2c(cc1-3)OCO2. The third-order valence-electron chi connectivity index (χ3n) is 9.47. The Bertz CT molecular complexity index is 1900. The van der Waals surface area contributed by atoms with E-state index in [1.165, 1.54) is 5.56 Å². The molecule has 2 aromatic carbocycles. The van der Waals surface area contributed by atoms with Gasteiger partial charge in [-0.05, 0) is 63.3 Å². The molecular weight excluding hydrogens is 658 g/mol. The van der Waals surface area contributed by atoms with E-state index in [2.05, 4.69) is 39.0 Å². The zero-order valence-electron chi connectivity index (χ0n) is 28.2. The molecule has 0 bridgehead atoms. The van der Waals surface area contributed by atoms with E-state index in [0.717, 1.165) is 52.2 Å². The van der Waals surface area contributed by atoms with Gasteiger partial charge in [-0.2, -0.15) is 17.7 Å². The number of methoxy groups -OCH3 is 1. The highest BCUT2D eigenvalue weighted by molar-refractivity contribution is 7.84. The predicted molar refractivity (Wildman–Crippen MR) is 174 cm³/mol. The molecule has 3 aromatic rings. The Kier molecular flexibility index (Phi) is 8.00. The van der Waals surface area contributed by atoms with Crippen LogP contribution in [0.15, 0.2) is 36.5 Å². The van der Waals surface area contributed by atoms with Gasteiger partial charge in [-0.1, -0.05) is 6.07 Å². The number of hydrogen-bond donors (Lipinski definition) is 2. The topological polar surface area (TPSA) is 145 Å². The minimum absolute atomic E-state index is 0.134. The average molecular weight is 701 g/mol. The van der Waals surface area contributed by atoms with Crippen LogP contribution >= 0.6 is 0 Å². The number of fused-ring (bicyclic) bond motifs is 8. The lowest BCUT2D eigenvalue weighted by Gasteiger charge is -2.40. The number of aromatic nitrogens is 1. The first-order valence-corrected chi connectivity index (χ1v) is 18.0. The Morgan fingerprint density at radius 3 is 2.63 bits per heavy atom. The maximum Gasteiger partial charge on any atom is 0.336 e. The van der Waals surface area contributed by atoms with Gasteiger partial charge in [-0.25, -0.2) is 0 Å². The molecule has 1 unspecified atom stereocenters. The molecule has 3 saturated heterocycles. The van der Waals surface area contributed by atoms with Gasteiger partial charge in [-0.3, -0.25) is 4.18 Å². The van der Waals surface area contributed by atoms with E-state index in [4.69, 9.17) is 42.1 Å². The molecule has 3 fully saturated rings. The van der Waals surface area contributed by atoms with Crippen LogP contribution in [0, 0.1) is 0 Å². The van der Waals surface area contributed by atoms with Gasteiger partial charge in [0.15, 0.2) is 35.8 Å². The summed E-state index contributed by atoms with van der Waals surface area (Å²) in [5, 5.41) is 5.52. The number of hydrogen-bond acceptors (Lipinski definition) is 12. The maximum absolute atomic E-state index is 12.9. The highest BCUT2D eigenvalue weighted by Crippen LogP contribution is 2.48. The van der Waals surface area contributed by atoms with Crippen molar-refractivity contribution in [1.29, 1.82) is 0 Å². The van der Waals surface area contributed by atoms with Crippen LogP contribution in [-0.2, 0) is 51.1 Å². The molecule has 2 N–H and O–H groups in total. The summed E-state index contributed by atoms with van der Waals surface area (Å²) >= 11 is 0. The summed E-state index contributed by atoms with van der Waals surface area (Å²) < 4.78 is 83.3. The van der Waals surface area contributed by atoms with E-state index in [1.807, 2.05) is 26.0 Å². The first kappa shape index (κ1) is 32.9. The van der Waals surface area contributed by atoms with Gasteiger partial charge in [0.2, 0.25) is 18.3 Å². The highest BCUT2D eigenvalue weighted by atomic mass is 32.2. The molecule has 6 heterocycles. The van der Waals surface area contributed by atoms with Crippen molar-refractivity contribution in [3.8, 4) is 28.5 Å². The lowest BCUT2D eigenvalue weighted by atomic mass is 9.95. The molecule has 0 radical (unpaired) electrons. The molecule has 4 atom stereocenters. The number of nitrogens with zero attached hydrogens (tertiary/aromatic N) is 1. The number of pyridine rings is 1. The summed E-state index contributed by atoms with van der Waals surface area (Å²) in [7, 11) is -2.51. The van der Waals surface area contributed by atoms with Crippen molar-refractivity contribution in [3.05, 3.63) is 42.1 Å². The van der Waals surface area contributed by atoms with Gasteiger partial charge >= 0.3 is 10.3 Å². The monoisotopic (exact) mass is 700 g/mol. The van der Waals surface area contributed by atoms with E-state index in [-0.39, 0.29) is 26.0 Å². The Morgan fingerprint density at radius 2 is 1.82 bits per heavy atom. The smallest absolute Gasteiger partial charge is 0.336 e. The first-order chi connectivity index (χ1) is 23.3. The summed E-state index contributed by atoms with van der Waals surface area (Å²) in [6.07, 6.45) is 1.85. The zero-order valence-corrected chi connectivity index (χ0v) is 29.0. The predicted octanol–water partition coefficient (Wildman–Crippen LogP) is 3.14. The van der Waals surface area contributed by atoms with Crippen LogP contribution in [0.25, 0.3) is 22.0 Å². The van der Waals surface area contributed by atoms with E-state index in [0.29, 0.717) is 18.7 Å². The van der Waals surface area contributed by atoms with E-state index < -0.39 is 46.5 Å². The second kappa shape index (κ2) is 11.9. The van der Waals surface area contributed by atoms with Crippen LogP contribution in [0.3, 0.4) is 0 Å². The van der Waals surface area contributed by atoms with Crippen molar-refractivity contribution < 1.29 is 55.1 Å². The van der Waals surface area contributed by atoms with E-state index in [9.17, 15) is 8.42 Å². The minimum atomic E-state index is -4.15. The van der Waals surface area contributed by atoms with Crippen molar-refractivity contribution in [2.45, 2.75) is 82.8 Å². The number of rotatable bonds is 10. The highest BCUT2D eigenvalue weighted by Gasteiger charge is 2.65. The number of nitrogens with one attached hydrogen (secondary N) is 2. The second-order valence-corrected chi connectivity index (χ2v) is 15.2. The molecular formula is C34H42N3O11S+. The third-order valence-corrected chi connectivity index (χ3v) is 10.5. The molecule has 14 nitrogen and oxygen atoms in total. The summed E-state index contributed by atoms with van der Waals surface area (Å²) in [6, 6.07) is 10.3. The summed E-state index contributed by atoms with van der Waals surface area (Å²) in [6.45, 7) is 8.49. The molecule has 49 heavy (non-hydrogen) atoms. The number of anilines is 1. The van der Waals surface area contributed by atoms with Crippen molar-refractivity contribution in [2.75, 3.05) is 45.5 Å². The van der Waals surface area contributed by atoms with Crippen molar-refractivity contribution in [3.63, 3.8) is 0 Å². The fraction of sp³-hybridized carbons (Fsp3) is 0.559. The minimum Gasteiger partial charge on any atom is -0.495 e. The normalized spacial score (nSPS) is 27.3. The molecule has 5 aliphatic heterocycles. The maximum atomic E-state index is 12.9. The average Bonchev–Trinajstić information content (AvgIpc) is 3.73. The summed E-state index contributed by atoms with van der Waals surface area (Å²) in [4.78, 5) is 0. The number of aryl methyl sites for hydroxylation is 2. The third kappa shape index (κ3) is 6.09. The van der Waals surface area contributed by atoms with Crippen LogP contribution in [0.2, 0.25) is 0 Å². The van der Waals surface area contributed by atoms with Gasteiger partial charge in [0.25, 0.3) is 0 Å². The lowest BCUT2D eigenvalue weighted by molar-refractivity contribution is -0.686. The van der Waals surface area contributed by atoms with E-state index >= 15 is 0 Å². The Morgan fingerprint density at radius 1 is 1.00 bits per heavy atom. The summed E-state index contributed by atoms with van der Waals surface area (Å²) in [5.41, 5.74) is 4.31. The largest absolute Gasteiger partial charge is 0.495 e. The van der Waals surface area contributed by atoms with E-state index in [1.54, 1.807) is 21.0 Å². The Hall–Kier alpha value is -3.28. The number of ether oxygens (including phenoxy) is 8. The standard InChI is InChI=1S/C34H41N3O11S/c1-32(2)45-28-17-43-34(31(30(28)46-32)47-33(3,4)48-34)18-44-49(38,39)36-11-6-10-35-29-23-16-37-12-9-21-14-26-27(42-19-41-26)15-22(21)24(37)13-20(23)7-8-25(29)40-5/h7-8,13-16,28,30-31,36H,6,9-12,17-19H2,1-5H3/p+1/t28-,30?,31+,34+/m1/s1. The molecule has 0 spiro atoms. The van der Waals surface area contributed by atoms with Gasteiger partial charge in [0.1, 0.15) is 30.7 Å². The van der Waals surface area contributed by atoms with Crippen molar-refractivity contribution >= 4 is 26.8 Å². The number of benzene rings is 2. The Balaban J connectivity index is 0.910. The van der Waals surface area contributed by atoms with Gasteiger partial charge in [0, 0.05) is 25.6 Å². The summed E-state index contributed by atoms with van der Waals surface area (Å²) in [5.74, 6) is -1.10. The first-order valence-electron chi connectivity index (χ1n) is 16.6. The molecule has 0 saturated carbocycles. The molecule has 8 rings (SSSR count). The van der Waals surface area contributed by atoms with Crippen LogP contribution in [-0.4, -0.2) is 84.3 Å². The van der Waals surface area contributed by atoms with Crippen LogP contribution < -0.4 is 28.8 Å². The molecule has 0 amide bonds. The zero-order chi connectivity index (χ0) is 34.2.